The van der Waals surface area contributed by atoms with E-state index in [4.69, 9.17) is 15.2 Å². The molecule has 2 aromatic heterocycles. The molecule has 0 atom stereocenters. The Labute approximate surface area is 140 Å². The Morgan fingerprint density at radius 1 is 0.909 bits per heavy atom. The molecule has 120 valence electrons. The number of ether oxygens (including phenoxy) is 2. The highest BCUT2D eigenvalue weighted by Crippen LogP contribution is 2.15. The number of hydrogen-bond acceptors (Lipinski definition) is 5. The summed E-state index contributed by atoms with van der Waals surface area (Å²) in [4.78, 5) is 7.85. The number of anilines is 1. The standard InChI is InChI=1S/C8H10BrNO.C8H12N2O/c2*1-2-3-11-8-4-7(9)5-10-6-8/h4-6H,2-3H2,1H3;4-6H,2-3,9H2,1H3. The molecule has 0 unspecified atom stereocenters. The van der Waals surface area contributed by atoms with Crippen molar-refractivity contribution < 1.29 is 9.47 Å². The van der Waals surface area contributed by atoms with Gasteiger partial charge in [0.25, 0.3) is 0 Å². The lowest BCUT2D eigenvalue weighted by molar-refractivity contribution is 0.316. The molecule has 0 aliphatic rings. The quantitative estimate of drug-likeness (QED) is 0.832. The minimum absolute atomic E-state index is 0.638. The first-order valence-electron chi connectivity index (χ1n) is 7.22. The first-order chi connectivity index (χ1) is 10.7. The second-order valence-electron chi connectivity index (χ2n) is 4.49. The van der Waals surface area contributed by atoms with Gasteiger partial charge in [0.05, 0.1) is 37.5 Å². The molecule has 0 bridgehead atoms. The topological polar surface area (TPSA) is 70.3 Å². The van der Waals surface area contributed by atoms with Gasteiger partial charge in [0.1, 0.15) is 11.5 Å². The van der Waals surface area contributed by atoms with Gasteiger partial charge in [-0.3, -0.25) is 9.97 Å². The van der Waals surface area contributed by atoms with Gasteiger partial charge in [0, 0.05) is 16.7 Å². The molecule has 0 amide bonds. The molecule has 2 heterocycles. The van der Waals surface area contributed by atoms with Crippen LogP contribution in [0.1, 0.15) is 26.7 Å². The average molecular weight is 368 g/mol. The molecule has 2 aromatic rings. The van der Waals surface area contributed by atoms with Crippen molar-refractivity contribution in [1.29, 1.82) is 0 Å². The molecule has 0 aromatic carbocycles. The Bertz CT molecular complexity index is 503. The van der Waals surface area contributed by atoms with Crippen LogP contribution in [0.2, 0.25) is 0 Å². The molecule has 6 heteroatoms. The molecular formula is C16H22BrN3O2. The third-order valence-corrected chi connectivity index (χ3v) is 2.79. The van der Waals surface area contributed by atoms with Crippen LogP contribution in [0.5, 0.6) is 11.5 Å². The van der Waals surface area contributed by atoms with Gasteiger partial charge < -0.3 is 15.2 Å². The summed E-state index contributed by atoms with van der Waals surface area (Å²) in [6, 6.07) is 3.67. The first-order valence-corrected chi connectivity index (χ1v) is 8.01. The number of halogens is 1. The van der Waals surface area contributed by atoms with Crippen molar-refractivity contribution in [2.45, 2.75) is 26.7 Å². The van der Waals surface area contributed by atoms with Crippen molar-refractivity contribution in [3.63, 3.8) is 0 Å². The van der Waals surface area contributed by atoms with Crippen LogP contribution in [0.3, 0.4) is 0 Å². The normalized spacial score (nSPS) is 9.59. The van der Waals surface area contributed by atoms with Crippen molar-refractivity contribution in [3.05, 3.63) is 41.4 Å². The molecule has 22 heavy (non-hydrogen) atoms. The van der Waals surface area contributed by atoms with E-state index in [0.717, 1.165) is 35.4 Å². The number of aromatic nitrogens is 2. The summed E-state index contributed by atoms with van der Waals surface area (Å²) in [5.74, 6) is 1.56. The van der Waals surface area contributed by atoms with Crippen molar-refractivity contribution >= 4 is 21.6 Å². The lowest BCUT2D eigenvalue weighted by Gasteiger charge is -2.02. The van der Waals surface area contributed by atoms with Gasteiger partial charge in [-0.15, -0.1) is 0 Å². The van der Waals surface area contributed by atoms with Gasteiger partial charge in [-0.05, 0) is 34.8 Å². The number of pyridine rings is 2. The zero-order valence-electron chi connectivity index (χ0n) is 13.0. The smallest absolute Gasteiger partial charge is 0.139 e. The van der Waals surface area contributed by atoms with Crippen LogP contribution in [-0.2, 0) is 0 Å². The number of nitrogens with two attached hydrogens (primary N) is 1. The van der Waals surface area contributed by atoms with Gasteiger partial charge in [0.15, 0.2) is 0 Å². The minimum atomic E-state index is 0.638. The van der Waals surface area contributed by atoms with E-state index in [9.17, 15) is 0 Å². The summed E-state index contributed by atoms with van der Waals surface area (Å²) in [6.45, 7) is 5.59. The van der Waals surface area contributed by atoms with Crippen LogP contribution in [0.4, 0.5) is 5.69 Å². The second-order valence-corrected chi connectivity index (χ2v) is 5.41. The van der Waals surface area contributed by atoms with E-state index in [1.807, 2.05) is 6.07 Å². The van der Waals surface area contributed by atoms with Gasteiger partial charge in [-0.1, -0.05) is 13.8 Å². The summed E-state index contributed by atoms with van der Waals surface area (Å²) in [5.41, 5.74) is 6.13. The van der Waals surface area contributed by atoms with Crippen LogP contribution in [0.25, 0.3) is 0 Å². The van der Waals surface area contributed by atoms with Crippen molar-refractivity contribution in [2.75, 3.05) is 18.9 Å². The van der Waals surface area contributed by atoms with E-state index in [1.54, 1.807) is 30.9 Å². The lowest BCUT2D eigenvalue weighted by Crippen LogP contribution is -1.96. The Hall–Kier alpha value is -1.82. The highest BCUT2D eigenvalue weighted by Gasteiger charge is 1.93. The molecule has 2 N–H and O–H groups in total. The highest BCUT2D eigenvalue weighted by atomic mass is 79.9. The van der Waals surface area contributed by atoms with E-state index in [0.29, 0.717) is 12.3 Å². The Balaban J connectivity index is 0.000000220. The second kappa shape index (κ2) is 10.8. The fraction of sp³-hybridized carbons (Fsp3) is 0.375. The predicted octanol–water partition coefficient (Wildman–Crippen LogP) is 4.09. The summed E-state index contributed by atoms with van der Waals surface area (Å²) in [5, 5.41) is 0. The van der Waals surface area contributed by atoms with Gasteiger partial charge in [0.2, 0.25) is 0 Å². The molecule has 0 saturated heterocycles. The van der Waals surface area contributed by atoms with Crippen molar-refractivity contribution in [3.8, 4) is 11.5 Å². The van der Waals surface area contributed by atoms with Gasteiger partial charge in [-0.2, -0.15) is 0 Å². The SMILES string of the molecule is CCCOc1cncc(Br)c1.CCCOc1cncc(N)c1. The Kier molecular flexibility index (Phi) is 8.98. The molecular weight excluding hydrogens is 346 g/mol. The van der Waals surface area contributed by atoms with E-state index < -0.39 is 0 Å². The molecule has 0 saturated carbocycles. The maximum absolute atomic E-state index is 5.49. The van der Waals surface area contributed by atoms with Crippen LogP contribution >= 0.6 is 15.9 Å². The van der Waals surface area contributed by atoms with Crippen LogP contribution in [-0.4, -0.2) is 23.2 Å². The molecule has 0 spiro atoms. The molecule has 0 aliphatic carbocycles. The monoisotopic (exact) mass is 367 g/mol. The predicted molar refractivity (Wildman–Crippen MR) is 92.2 cm³/mol. The average Bonchev–Trinajstić information content (AvgIpc) is 2.52. The number of rotatable bonds is 6. The fourth-order valence-electron chi connectivity index (χ4n) is 1.43. The zero-order chi connectivity index (χ0) is 16.2. The number of nitrogen functional groups attached to an aromatic ring is 1. The maximum Gasteiger partial charge on any atom is 0.139 e. The molecule has 2 rings (SSSR count). The van der Waals surface area contributed by atoms with Crippen LogP contribution in [0, 0.1) is 0 Å². The zero-order valence-corrected chi connectivity index (χ0v) is 14.5. The van der Waals surface area contributed by atoms with E-state index in [2.05, 4.69) is 39.7 Å². The summed E-state index contributed by atoms with van der Waals surface area (Å²) < 4.78 is 11.6. The molecule has 5 nitrogen and oxygen atoms in total. The third-order valence-electron chi connectivity index (χ3n) is 2.36. The van der Waals surface area contributed by atoms with Crippen LogP contribution in [0.15, 0.2) is 41.4 Å². The molecule has 0 aliphatic heterocycles. The fourth-order valence-corrected chi connectivity index (χ4v) is 1.77. The van der Waals surface area contributed by atoms with Gasteiger partial charge >= 0.3 is 0 Å². The van der Waals surface area contributed by atoms with E-state index in [1.165, 1.54) is 0 Å². The lowest BCUT2D eigenvalue weighted by atomic mass is 10.4. The van der Waals surface area contributed by atoms with E-state index in [-0.39, 0.29) is 0 Å². The van der Waals surface area contributed by atoms with Gasteiger partial charge in [-0.25, -0.2) is 0 Å². The maximum atomic E-state index is 5.49. The molecule has 0 fully saturated rings. The van der Waals surface area contributed by atoms with Crippen LogP contribution < -0.4 is 15.2 Å². The largest absolute Gasteiger partial charge is 0.492 e. The molecule has 0 radical (unpaired) electrons. The Morgan fingerprint density at radius 2 is 1.45 bits per heavy atom. The van der Waals surface area contributed by atoms with Crippen molar-refractivity contribution in [2.24, 2.45) is 0 Å². The van der Waals surface area contributed by atoms with E-state index >= 15 is 0 Å². The Morgan fingerprint density at radius 3 is 1.95 bits per heavy atom. The number of nitrogens with zero attached hydrogens (tertiary/aromatic N) is 2. The third kappa shape index (κ3) is 7.83. The highest BCUT2D eigenvalue weighted by molar-refractivity contribution is 9.10. The summed E-state index contributed by atoms with van der Waals surface area (Å²) >= 11 is 3.31. The number of hydrogen-bond donors (Lipinski definition) is 1. The first kappa shape index (κ1) is 18.2. The minimum Gasteiger partial charge on any atom is -0.492 e. The summed E-state index contributed by atoms with van der Waals surface area (Å²) in [7, 11) is 0. The van der Waals surface area contributed by atoms with Crippen molar-refractivity contribution in [1.82, 2.24) is 9.97 Å². The summed E-state index contributed by atoms with van der Waals surface area (Å²) in [6.07, 6.45) is 8.71.